The van der Waals surface area contributed by atoms with Crippen molar-refractivity contribution in [3.05, 3.63) is 29.8 Å². The van der Waals surface area contributed by atoms with Crippen LogP contribution >= 0.6 is 0 Å². The van der Waals surface area contributed by atoms with Crippen molar-refractivity contribution in [2.75, 3.05) is 14.1 Å². The van der Waals surface area contributed by atoms with Crippen LogP contribution in [0, 0.1) is 11.3 Å². The number of hydrogen-bond donors (Lipinski definition) is 0. The number of nitrogens with zero attached hydrogens (tertiary/aromatic N) is 2. The number of benzene rings is 1. The van der Waals surface area contributed by atoms with E-state index in [1.54, 1.807) is 38.4 Å². The topological polar surface area (TPSA) is 79.6 Å². The van der Waals surface area contributed by atoms with Crippen LogP contribution in [0.15, 0.2) is 24.3 Å². The fourth-order valence-corrected chi connectivity index (χ4v) is 1.54. The first kappa shape index (κ1) is 16.5. The molecule has 1 aromatic carbocycles. The monoisotopic (exact) mass is 290 g/mol. The number of carbonyl (C=O) groups excluding carboxylic acids is 2. The Bertz CT molecular complexity index is 546. The van der Waals surface area contributed by atoms with E-state index in [9.17, 15) is 9.59 Å². The Hall–Kier alpha value is -2.55. The summed E-state index contributed by atoms with van der Waals surface area (Å²) in [5.74, 6) is -0.471. The maximum atomic E-state index is 11.8. The molecule has 1 rings (SSSR count). The van der Waals surface area contributed by atoms with Gasteiger partial charge in [-0.15, -0.1) is 0 Å². The standard InChI is InChI=1S/C15H18N2O4/c1-10(14(18)17(3)4)21-15(19)11(2)20-13-7-5-12(9-16)6-8-13/h5-8,10-11H,1-4H3/t10-,11-/m0/s1. The van der Waals surface area contributed by atoms with Gasteiger partial charge in [-0.1, -0.05) is 0 Å². The van der Waals surface area contributed by atoms with Gasteiger partial charge in [0.15, 0.2) is 12.2 Å². The van der Waals surface area contributed by atoms with Gasteiger partial charge in [0.25, 0.3) is 5.91 Å². The lowest BCUT2D eigenvalue weighted by Gasteiger charge is -2.20. The van der Waals surface area contributed by atoms with Gasteiger partial charge in [0.05, 0.1) is 11.6 Å². The van der Waals surface area contributed by atoms with Crippen molar-refractivity contribution >= 4 is 11.9 Å². The van der Waals surface area contributed by atoms with Crippen LogP contribution in [0.2, 0.25) is 0 Å². The number of esters is 1. The zero-order valence-corrected chi connectivity index (χ0v) is 12.5. The highest BCUT2D eigenvalue weighted by Gasteiger charge is 2.24. The van der Waals surface area contributed by atoms with Crippen molar-refractivity contribution in [3.63, 3.8) is 0 Å². The average Bonchev–Trinajstić information content (AvgIpc) is 2.46. The molecule has 0 N–H and O–H groups in total. The van der Waals surface area contributed by atoms with Crippen LogP contribution in [0.25, 0.3) is 0 Å². The third-order valence-electron chi connectivity index (χ3n) is 2.71. The number of likely N-dealkylation sites (N-methyl/N-ethyl adjacent to an activating group) is 1. The minimum absolute atomic E-state index is 0.297. The first-order valence-electron chi connectivity index (χ1n) is 6.43. The van der Waals surface area contributed by atoms with Gasteiger partial charge in [-0.05, 0) is 38.1 Å². The van der Waals surface area contributed by atoms with Gasteiger partial charge < -0.3 is 14.4 Å². The van der Waals surface area contributed by atoms with Gasteiger partial charge in [0, 0.05) is 14.1 Å². The van der Waals surface area contributed by atoms with Gasteiger partial charge in [-0.2, -0.15) is 5.26 Å². The molecule has 0 radical (unpaired) electrons. The molecule has 6 heteroatoms. The number of nitriles is 1. The molecular weight excluding hydrogens is 272 g/mol. The van der Waals surface area contributed by atoms with Gasteiger partial charge in [-0.3, -0.25) is 4.79 Å². The lowest BCUT2D eigenvalue weighted by atomic mass is 10.2. The Kier molecular flexibility index (Phi) is 5.73. The second-order valence-electron chi connectivity index (χ2n) is 4.71. The lowest BCUT2D eigenvalue weighted by Crippen LogP contribution is -2.38. The molecular formula is C15H18N2O4. The maximum absolute atomic E-state index is 11.8. The van der Waals surface area contributed by atoms with Crippen molar-refractivity contribution in [2.45, 2.75) is 26.1 Å². The van der Waals surface area contributed by atoms with Gasteiger partial charge in [-0.25, -0.2) is 4.79 Å². The highest BCUT2D eigenvalue weighted by atomic mass is 16.6. The van der Waals surface area contributed by atoms with Crippen LogP contribution in [0.3, 0.4) is 0 Å². The summed E-state index contributed by atoms with van der Waals surface area (Å²) in [6, 6.07) is 8.36. The molecule has 0 fully saturated rings. The van der Waals surface area contributed by atoms with Crippen LogP contribution in [0.1, 0.15) is 19.4 Å². The minimum Gasteiger partial charge on any atom is -0.479 e. The molecule has 0 aliphatic rings. The number of hydrogen-bond acceptors (Lipinski definition) is 5. The second kappa shape index (κ2) is 7.29. The first-order valence-corrected chi connectivity index (χ1v) is 6.43. The molecule has 1 amide bonds. The number of ether oxygens (including phenoxy) is 2. The molecule has 0 aliphatic heterocycles. The summed E-state index contributed by atoms with van der Waals surface area (Å²) in [7, 11) is 3.17. The fourth-order valence-electron chi connectivity index (χ4n) is 1.54. The summed E-state index contributed by atoms with van der Waals surface area (Å²) in [6.45, 7) is 3.04. The largest absolute Gasteiger partial charge is 0.479 e. The van der Waals surface area contributed by atoms with E-state index in [2.05, 4.69) is 0 Å². The molecule has 0 bridgehead atoms. The highest BCUT2D eigenvalue weighted by Crippen LogP contribution is 2.14. The molecule has 0 heterocycles. The Morgan fingerprint density at radius 2 is 1.71 bits per heavy atom. The van der Waals surface area contributed by atoms with Gasteiger partial charge in [0.2, 0.25) is 0 Å². The Morgan fingerprint density at radius 1 is 1.14 bits per heavy atom. The first-order chi connectivity index (χ1) is 9.85. The smallest absolute Gasteiger partial charge is 0.347 e. The molecule has 112 valence electrons. The van der Waals surface area contributed by atoms with Crippen molar-refractivity contribution in [1.82, 2.24) is 4.90 Å². The maximum Gasteiger partial charge on any atom is 0.347 e. The Balaban J connectivity index is 2.58. The predicted octanol–water partition coefficient (Wildman–Crippen LogP) is 1.35. The summed E-state index contributed by atoms with van der Waals surface area (Å²) < 4.78 is 10.5. The molecule has 0 unspecified atom stereocenters. The summed E-state index contributed by atoms with van der Waals surface area (Å²) in [6.07, 6.45) is -1.71. The molecule has 0 aromatic heterocycles. The van der Waals surface area contributed by atoms with Crippen LogP contribution in [0.5, 0.6) is 5.75 Å². The van der Waals surface area contributed by atoms with E-state index >= 15 is 0 Å². The van der Waals surface area contributed by atoms with E-state index in [0.29, 0.717) is 11.3 Å². The van der Waals surface area contributed by atoms with Gasteiger partial charge >= 0.3 is 5.97 Å². The zero-order chi connectivity index (χ0) is 16.0. The normalized spacial score (nSPS) is 12.7. The SMILES string of the molecule is C[C@H](Oc1ccc(C#N)cc1)C(=O)O[C@@H](C)C(=O)N(C)C. The number of amides is 1. The van der Waals surface area contributed by atoms with Crippen molar-refractivity contribution < 1.29 is 19.1 Å². The lowest BCUT2D eigenvalue weighted by molar-refractivity contribution is -0.163. The van der Waals surface area contributed by atoms with E-state index in [4.69, 9.17) is 14.7 Å². The van der Waals surface area contributed by atoms with E-state index < -0.39 is 18.2 Å². The molecule has 0 saturated heterocycles. The fraction of sp³-hybridized carbons (Fsp3) is 0.400. The molecule has 0 aliphatic carbocycles. The van der Waals surface area contributed by atoms with E-state index in [0.717, 1.165) is 0 Å². The average molecular weight is 290 g/mol. The number of carbonyl (C=O) groups is 2. The van der Waals surface area contributed by atoms with E-state index in [1.807, 2.05) is 6.07 Å². The molecule has 0 spiro atoms. The summed E-state index contributed by atoms with van der Waals surface area (Å²) in [5, 5.41) is 8.69. The van der Waals surface area contributed by atoms with Crippen molar-refractivity contribution in [2.24, 2.45) is 0 Å². The molecule has 2 atom stereocenters. The van der Waals surface area contributed by atoms with Gasteiger partial charge in [0.1, 0.15) is 5.75 Å². The van der Waals surface area contributed by atoms with Crippen LogP contribution in [0.4, 0.5) is 0 Å². The van der Waals surface area contributed by atoms with Crippen LogP contribution < -0.4 is 4.74 Å². The van der Waals surface area contributed by atoms with Crippen LogP contribution in [-0.4, -0.2) is 43.1 Å². The minimum atomic E-state index is -0.862. The molecule has 21 heavy (non-hydrogen) atoms. The third kappa shape index (κ3) is 4.80. The Morgan fingerprint density at radius 3 is 2.19 bits per heavy atom. The highest BCUT2D eigenvalue weighted by molar-refractivity contribution is 5.84. The van der Waals surface area contributed by atoms with Crippen molar-refractivity contribution in [3.8, 4) is 11.8 Å². The number of rotatable bonds is 5. The molecule has 1 aromatic rings. The summed E-state index contributed by atoms with van der Waals surface area (Å²) >= 11 is 0. The van der Waals surface area contributed by atoms with E-state index in [1.165, 1.54) is 18.7 Å². The Labute approximate surface area is 123 Å². The second-order valence-corrected chi connectivity index (χ2v) is 4.71. The summed E-state index contributed by atoms with van der Waals surface area (Å²) in [5.41, 5.74) is 0.503. The molecule has 0 saturated carbocycles. The van der Waals surface area contributed by atoms with Crippen LogP contribution in [-0.2, 0) is 14.3 Å². The predicted molar refractivity (Wildman–Crippen MR) is 75.5 cm³/mol. The zero-order valence-electron chi connectivity index (χ0n) is 12.5. The van der Waals surface area contributed by atoms with E-state index in [-0.39, 0.29) is 5.91 Å². The summed E-state index contributed by atoms with van der Waals surface area (Å²) in [4.78, 5) is 24.8. The molecule has 6 nitrogen and oxygen atoms in total. The third-order valence-corrected chi connectivity index (χ3v) is 2.71. The van der Waals surface area contributed by atoms with Crippen molar-refractivity contribution in [1.29, 1.82) is 5.26 Å². The quantitative estimate of drug-likeness (QED) is 0.765.